The number of para-hydroxylation sites is 2. The smallest absolute Gasteiger partial charge is 0.412 e. The normalized spacial score (nSPS) is 11.2. The van der Waals surface area contributed by atoms with Crippen LogP contribution in [0.2, 0.25) is 0 Å². The van der Waals surface area contributed by atoms with E-state index in [4.69, 9.17) is 4.74 Å². The van der Waals surface area contributed by atoms with Crippen LogP contribution in [-0.4, -0.2) is 17.6 Å². The van der Waals surface area contributed by atoms with E-state index in [0.717, 1.165) is 5.56 Å². The van der Waals surface area contributed by atoms with Crippen LogP contribution in [0.4, 0.5) is 16.2 Å². The highest BCUT2D eigenvalue weighted by Gasteiger charge is 2.17. The Labute approximate surface area is 147 Å². The van der Waals surface area contributed by atoms with E-state index in [1.54, 1.807) is 51.1 Å². The van der Waals surface area contributed by atoms with Crippen LogP contribution in [0.5, 0.6) is 0 Å². The fourth-order valence-electron chi connectivity index (χ4n) is 2.03. The van der Waals surface area contributed by atoms with Crippen LogP contribution in [0.25, 0.3) is 6.08 Å². The molecule has 130 valence electrons. The third-order valence-corrected chi connectivity index (χ3v) is 3.05. The van der Waals surface area contributed by atoms with E-state index in [2.05, 4.69) is 10.6 Å². The van der Waals surface area contributed by atoms with Crippen LogP contribution in [0.3, 0.4) is 0 Å². The summed E-state index contributed by atoms with van der Waals surface area (Å²) in [6.07, 6.45) is 2.59. The lowest BCUT2D eigenvalue weighted by molar-refractivity contribution is -0.111. The Bertz CT molecular complexity index is 762. The zero-order valence-electron chi connectivity index (χ0n) is 14.6. The first-order valence-corrected chi connectivity index (χ1v) is 7.97. The molecule has 0 unspecified atom stereocenters. The first kappa shape index (κ1) is 18.3. The quantitative estimate of drug-likeness (QED) is 0.795. The van der Waals surface area contributed by atoms with Crippen LogP contribution in [0.1, 0.15) is 26.3 Å². The standard InChI is InChI=1S/C20H22N2O3/c1-20(2,3)25-19(24)22-17-12-8-7-11-16(17)21-18(23)14-13-15-9-5-4-6-10-15/h4-14H,1-3H3,(H,21,23)(H,22,24). The predicted molar refractivity (Wildman–Crippen MR) is 100 cm³/mol. The van der Waals surface area contributed by atoms with Gasteiger partial charge in [-0.05, 0) is 44.5 Å². The number of benzene rings is 2. The van der Waals surface area contributed by atoms with Gasteiger partial charge in [0.25, 0.3) is 0 Å². The van der Waals surface area contributed by atoms with Crippen molar-refractivity contribution in [3.8, 4) is 0 Å². The van der Waals surface area contributed by atoms with E-state index in [1.165, 1.54) is 6.08 Å². The maximum Gasteiger partial charge on any atom is 0.412 e. The van der Waals surface area contributed by atoms with E-state index in [-0.39, 0.29) is 5.91 Å². The van der Waals surface area contributed by atoms with E-state index >= 15 is 0 Å². The number of hydrogen-bond donors (Lipinski definition) is 2. The molecule has 0 aliphatic rings. The number of nitrogens with one attached hydrogen (secondary N) is 2. The lowest BCUT2D eigenvalue weighted by Crippen LogP contribution is -2.27. The number of carbonyl (C=O) groups excluding carboxylic acids is 2. The number of anilines is 2. The first-order valence-electron chi connectivity index (χ1n) is 7.97. The van der Waals surface area contributed by atoms with Gasteiger partial charge in [0.2, 0.25) is 5.91 Å². The van der Waals surface area contributed by atoms with Crippen molar-refractivity contribution in [2.75, 3.05) is 10.6 Å². The minimum Gasteiger partial charge on any atom is -0.444 e. The van der Waals surface area contributed by atoms with Gasteiger partial charge in [-0.2, -0.15) is 0 Å². The highest BCUT2D eigenvalue weighted by molar-refractivity contribution is 6.04. The minimum absolute atomic E-state index is 0.290. The summed E-state index contributed by atoms with van der Waals surface area (Å²) in [5, 5.41) is 5.40. The van der Waals surface area contributed by atoms with Crippen LogP contribution in [0.15, 0.2) is 60.7 Å². The van der Waals surface area contributed by atoms with Gasteiger partial charge in [0, 0.05) is 6.08 Å². The largest absolute Gasteiger partial charge is 0.444 e. The van der Waals surface area contributed by atoms with Gasteiger partial charge < -0.3 is 10.1 Å². The molecule has 5 nitrogen and oxygen atoms in total. The zero-order valence-corrected chi connectivity index (χ0v) is 14.6. The van der Waals surface area contributed by atoms with Gasteiger partial charge in [0.15, 0.2) is 0 Å². The summed E-state index contributed by atoms with van der Waals surface area (Å²) in [4.78, 5) is 24.0. The van der Waals surface area contributed by atoms with Crippen molar-refractivity contribution in [1.82, 2.24) is 0 Å². The molecule has 0 spiro atoms. The van der Waals surface area contributed by atoms with Gasteiger partial charge in [0.05, 0.1) is 11.4 Å². The molecule has 25 heavy (non-hydrogen) atoms. The second-order valence-corrected chi connectivity index (χ2v) is 6.41. The van der Waals surface area contributed by atoms with E-state index < -0.39 is 11.7 Å². The average Bonchev–Trinajstić information content (AvgIpc) is 2.54. The number of carbonyl (C=O) groups is 2. The molecule has 2 amide bonds. The number of rotatable bonds is 4. The Kier molecular flexibility index (Phi) is 5.95. The Balaban J connectivity index is 2.03. The summed E-state index contributed by atoms with van der Waals surface area (Å²) >= 11 is 0. The molecule has 0 aliphatic carbocycles. The first-order chi connectivity index (χ1) is 11.8. The highest BCUT2D eigenvalue weighted by atomic mass is 16.6. The molecule has 2 aromatic carbocycles. The molecule has 5 heteroatoms. The summed E-state index contributed by atoms with van der Waals surface area (Å²) < 4.78 is 5.23. The molecule has 0 fully saturated rings. The Hall–Kier alpha value is -3.08. The summed E-state index contributed by atoms with van der Waals surface area (Å²) in [5.41, 5.74) is 1.30. The lowest BCUT2D eigenvalue weighted by Gasteiger charge is -2.20. The van der Waals surface area contributed by atoms with Crippen molar-refractivity contribution < 1.29 is 14.3 Å². The Morgan fingerprint density at radius 3 is 2.04 bits per heavy atom. The second kappa shape index (κ2) is 8.15. The van der Waals surface area contributed by atoms with Crippen molar-refractivity contribution in [2.24, 2.45) is 0 Å². The molecule has 0 aliphatic heterocycles. The van der Waals surface area contributed by atoms with Crippen LogP contribution < -0.4 is 10.6 Å². The highest BCUT2D eigenvalue weighted by Crippen LogP contribution is 2.22. The molecule has 2 aromatic rings. The third kappa shape index (κ3) is 6.51. The molecule has 0 heterocycles. The fraction of sp³-hybridized carbons (Fsp3) is 0.200. The zero-order chi connectivity index (χ0) is 18.3. The van der Waals surface area contributed by atoms with Gasteiger partial charge in [0.1, 0.15) is 5.60 Å². The van der Waals surface area contributed by atoms with Crippen molar-refractivity contribution >= 4 is 29.5 Å². The van der Waals surface area contributed by atoms with E-state index in [0.29, 0.717) is 11.4 Å². The number of amides is 2. The molecule has 0 bridgehead atoms. The molecule has 0 aromatic heterocycles. The maximum absolute atomic E-state index is 12.1. The van der Waals surface area contributed by atoms with Crippen molar-refractivity contribution in [3.63, 3.8) is 0 Å². The van der Waals surface area contributed by atoms with Crippen LogP contribution in [-0.2, 0) is 9.53 Å². The second-order valence-electron chi connectivity index (χ2n) is 6.41. The van der Waals surface area contributed by atoms with Gasteiger partial charge in [-0.15, -0.1) is 0 Å². The maximum atomic E-state index is 12.1. The molecule has 0 atom stereocenters. The van der Waals surface area contributed by atoms with Gasteiger partial charge in [-0.1, -0.05) is 42.5 Å². The van der Waals surface area contributed by atoms with Crippen LogP contribution >= 0.6 is 0 Å². The van der Waals surface area contributed by atoms with Gasteiger partial charge >= 0.3 is 6.09 Å². The molecule has 0 saturated carbocycles. The summed E-state index contributed by atoms with van der Waals surface area (Å²) in [5.74, 6) is -0.290. The van der Waals surface area contributed by atoms with Crippen LogP contribution in [0, 0.1) is 0 Å². The van der Waals surface area contributed by atoms with E-state index in [1.807, 2.05) is 30.3 Å². The molecule has 2 N–H and O–H groups in total. The SMILES string of the molecule is CC(C)(C)OC(=O)Nc1ccccc1NC(=O)C=Cc1ccccc1. The van der Waals surface area contributed by atoms with Gasteiger partial charge in [-0.25, -0.2) is 4.79 Å². The van der Waals surface area contributed by atoms with Crippen molar-refractivity contribution in [3.05, 3.63) is 66.2 Å². The average molecular weight is 338 g/mol. The topological polar surface area (TPSA) is 67.4 Å². The van der Waals surface area contributed by atoms with E-state index in [9.17, 15) is 9.59 Å². The molecule has 0 radical (unpaired) electrons. The third-order valence-electron chi connectivity index (χ3n) is 3.05. The number of ether oxygens (including phenoxy) is 1. The lowest BCUT2D eigenvalue weighted by atomic mass is 10.2. The summed E-state index contributed by atoms with van der Waals surface area (Å²) in [6, 6.07) is 16.5. The molecular weight excluding hydrogens is 316 g/mol. The summed E-state index contributed by atoms with van der Waals surface area (Å²) in [6.45, 7) is 5.36. The molecule has 0 saturated heterocycles. The Morgan fingerprint density at radius 1 is 0.880 bits per heavy atom. The summed E-state index contributed by atoms with van der Waals surface area (Å²) in [7, 11) is 0. The minimum atomic E-state index is -0.597. The fourth-order valence-corrected chi connectivity index (χ4v) is 2.03. The van der Waals surface area contributed by atoms with Crippen molar-refractivity contribution in [1.29, 1.82) is 0 Å². The predicted octanol–water partition coefficient (Wildman–Crippen LogP) is 4.69. The molecule has 2 rings (SSSR count). The monoisotopic (exact) mass is 338 g/mol. The number of hydrogen-bond acceptors (Lipinski definition) is 3. The molecular formula is C20H22N2O3. The van der Waals surface area contributed by atoms with Crippen molar-refractivity contribution in [2.45, 2.75) is 26.4 Å². The Morgan fingerprint density at radius 2 is 1.44 bits per heavy atom. The van der Waals surface area contributed by atoms with Gasteiger partial charge in [-0.3, -0.25) is 10.1 Å².